The quantitative estimate of drug-likeness (QED) is 0.383. The van der Waals surface area contributed by atoms with E-state index in [1.54, 1.807) is 17.5 Å². The van der Waals surface area contributed by atoms with Crippen molar-refractivity contribution < 1.29 is 14.7 Å². The average Bonchev–Trinajstić information content (AvgIpc) is 3.63. The van der Waals surface area contributed by atoms with Crippen LogP contribution in [-0.4, -0.2) is 94.9 Å². The zero-order chi connectivity index (χ0) is 26.6. The Kier molecular flexibility index (Phi) is 8.37. The number of carboxylic acid groups (broad SMARTS) is 1. The van der Waals surface area contributed by atoms with Gasteiger partial charge < -0.3 is 10.0 Å². The lowest BCUT2D eigenvalue weighted by molar-refractivity contribution is -0.137. The second-order valence-corrected chi connectivity index (χ2v) is 11.9. The Bertz CT molecular complexity index is 1270. The highest BCUT2D eigenvalue weighted by atomic mass is 32.1. The van der Waals surface area contributed by atoms with Crippen LogP contribution in [0.3, 0.4) is 0 Å². The molecule has 10 nitrogen and oxygen atoms in total. The maximum Gasteiger partial charge on any atom is 0.304 e. The van der Waals surface area contributed by atoms with Gasteiger partial charge in [0.05, 0.1) is 29.4 Å². The zero-order valence-electron chi connectivity index (χ0n) is 21.7. The number of thiophene rings is 1. The second kappa shape index (κ2) is 11.9. The molecule has 13 heteroatoms. The van der Waals surface area contributed by atoms with Crippen molar-refractivity contribution >= 4 is 58.8 Å². The van der Waals surface area contributed by atoms with Crippen molar-refractivity contribution in [3.63, 3.8) is 0 Å². The van der Waals surface area contributed by atoms with Gasteiger partial charge in [-0.15, -0.1) is 11.3 Å². The number of hydrogen-bond acceptors (Lipinski definition) is 10. The molecule has 0 radical (unpaired) electrons. The maximum atomic E-state index is 13.0. The molecule has 200 valence electrons. The lowest BCUT2D eigenvalue weighted by Gasteiger charge is -2.34. The number of amides is 1. The number of aromatic nitrogens is 3. The standard InChI is InChI=1S/C25H32BN7O3S2/c1-16-3-2-5-33(16)14-20-23(19-11-17(26)15-37-19)29-25(38-20)30-24(36)18-12-28-21(13-27-18)32-9-7-31(8-10-32)6-4-22(34)35/h11-13,15-16H,2-10,14,26H2,1H3,(H,34,35)(H,29,30,36)/t16-/m1/s1. The number of carbonyl (C=O) groups excluding carboxylic acids is 1. The van der Waals surface area contributed by atoms with Gasteiger partial charge in [-0.05, 0) is 37.8 Å². The van der Waals surface area contributed by atoms with Crippen LogP contribution in [-0.2, 0) is 11.3 Å². The van der Waals surface area contributed by atoms with Gasteiger partial charge in [0, 0.05) is 50.2 Å². The molecule has 2 saturated heterocycles. The summed E-state index contributed by atoms with van der Waals surface area (Å²) < 4.78 is 0. The first-order chi connectivity index (χ1) is 18.4. The summed E-state index contributed by atoms with van der Waals surface area (Å²) in [5.41, 5.74) is 2.40. The van der Waals surface area contributed by atoms with Crippen LogP contribution in [0.25, 0.3) is 10.6 Å². The highest BCUT2D eigenvalue weighted by molar-refractivity contribution is 7.17. The van der Waals surface area contributed by atoms with Gasteiger partial charge in [0.15, 0.2) is 5.13 Å². The summed E-state index contributed by atoms with van der Waals surface area (Å²) in [6, 6.07) is 2.70. The summed E-state index contributed by atoms with van der Waals surface area (Å²) in [6.45, 7) is 7.76. The van der Waals surface area contributed by atoms with E-state index < -0.39 is 5.97 Å². The van der Waals surface area contributed by atoms with Crippen LogP contribution in [0.4, 0.5) is 10.9 Å². The van der Waals surface area contributed by atoms with Crippen molar-refractivity contribution in [2.75, 3.05) is 49.5 Å². The lowest BCUT2D eigenvalue weighted by atomic mass is 10.0. The molecule has 3 aromatic rings. The number of rotatable bonds is 9. The van der Waals surface area contributed by atoms with E-state index >= 15 is 0 Å². The number of anilines is 2. The highest BCUT2D eigenvalue weighted by Gasteiger charge is 2.25. The van der Waals surface area contributed by atoms with E-state index in [0.29, 0.717) is 23.5 Å². The van der Waals surface area contributed by atoms with E-state index in [4.69, 9.17) is 10.1 Å². The third kappa shape index (κ3) is 6.40. The summed E-state index contributed by atoms with van der Waals surface area (Å²) in [5.74, 6) is -0.391. The van der Waals surface area contributed by atoms with Gasteiger partial charge >= 0.3 is 5.97 Å². The molecule has 0 aromatic carbocycles. The first-order valence-electron chi connectivity index (χ1n) is 13.0. The molecule has 3 aromatic heterocycles. The van der Waals surface area contributed by atoms with Gasteiger partial charge in [-0.3, -0.25) is 24.7 Å². The van der Waals surface area contributed by atoms with Gasteiger partial charge in [-0.1, -0.05) is 16.8 Å². The minimum absolute atomic E-state index is 0.149. The van der Waals surface area contributed by atoms with Crippen molar-refractivity contribution in [1.29, 1.82) is 0 Å². The minimum atomic E-state index is -0.778. The summed E-state index contributed by atoms with van der Waals surface area (Å²) in [5, 5.41) is 14.5. The van der Waals surface area contributed by atoms with E-state index in [9.17, 15) is 9.59 Å². The van der Waals surface area contributed by atoms with Gasteiger partial charge in [-0.2, -0.15) is 0 Å². The third-order valence-corrected chi connectivity index (χ3v) is 9.14. The molecule has 2 N–H and O–H groups in total. The van der Waals surface area contributed by atoms with E-state index in [-0.39, 0.29) is 18.0 Å². The van der Waals surface area contributed by atoms with E-state index in [1.807, 2.05) is 0 Å². The number of hydrogen-bond donors (Lipinski definition) is 2. The monoisotopic (exact) mass is 553 g/mol. The van der Waals surface area contributed by atoms with E-state index in [1.165, 1.54) is 40.7 Å². The number of piperazine rings is 1. The van der Waals surface area contributed by atoms with Crippen molar-refractivity contribution in [2.24, 2.45) is 0 Å². The van der Waals surface area contributed by atoms with Crippen LogP contribution in [0.2, 0.25) is 0 Å². The Hall–Kier alpha value is -2.87. The molecule has 2 aliphatic heterocycles. The first-order valence-corrected chi connectivity index (χ1v) is 14.7. The van der Waals surface area contributed by atoms with Gasteiger partial charge in [0.1, 0.15) is 19.4 Å². The second-order valence-electron chi connectivity index (χ2n) is 9.93. The normalized spacial score (nSPS) is 18.7. The number of carboxylic acids is 1. The maximum absolute atomic E-state index is 13.0. The number of nitrogens with one attached hydrogen (secondary N) is 1. The zero-order valence-corrected chi connectivity index (χ0v) is 23.4. The Labute approximate surface area is 231 Å². The molecular weight excluding hydrogens is 521 g/mol. The number of thiazole rings is 1. The van der Waals surface area contributed by atoms with Crippen LogP contribution in [0.1, 0.15) is 41.6 Å². The fourth-order valence-corrected chi connectivity index (χ4v) is 6.87. The van der Waals surface area contributed by atoms with Crippen LogP contribution >= 0.6 is 22.7 Å². The third-order valence-electron chi connectivity index (χ3n) is 7.13. The van der Waals surface area contributed by atoms with Gasteiger partial charge in [0.25, 0.3) is 5.91 Å². The predicted octanol–water partition coefficient (Wildman–Crippen LogP) is 1.75. The molecule has 2 aliphatic rings. The van der Waals surface area contributed by atoms with Crippen molar-refractivity contribution in [2.45, 2.75) is 38.8 Å². The molecule has 0 spiro atoms. The van der Waals surface area contributed by atoms with Crippen LogP contribution < -0.4 is 15.7 Å². The fraction of sp³-hybridized carbons (Fsp3) is 0.480. The number of carbonyl (C=O) groups is 2. The molecule has 5 rings (SSSR count). The van der Waals surface area contributed by atoms with Crippen molar-refractivity contribution in [1.82, 2.24) is 24.8 Å². The van der Waals surface area contributed by atoms with Crippen LogP contribution in [0.15, 0.2) is 23.8 Å². The lowest BCUT2D eigenvalue weighted by Crippen LogP contribution is -2.47. The summed E-state index contributed by atoms with van der Waals surface area (Å²) in [7, 11) is 2.08. The van der Waals surface area contributed by atoms with E-state index in [2.05, 4.69) is 56.2 Å². The minimum Gasteiger partial charge on any atom is -0.481 e. The molecule has 38 heavy (non-hydrogen) atoms. The number of likely N-dealkylation sites (tertiary alicyclic amines) is 1. The molecule has 2 fully saturated rings. The molecule has 0 unspecified atom stereocenters. The van der Waals surface area contributed by atoms with E-state index in [0.717, 1.165) is 49.8 Å². The largest absolute Gasteiger partial charge is 0.481 e. The topological polar surface area (TPSA) is 115 Å². The summed E-state index contributed by atoms with van der Waals surface area (Å²) in [6.07, 6.45) is 5.71. The summed E-state index contributed by atoms with van der Waals surface area (Å²) >= 11 is 3.21. The molecule has 5 heterocycles. The first kappa shape index (κ1) is 26.7. The van der Waals surface area contributed by atoms with Gasteiger partial charge in [0.2, 0.25) is 0 Å². The summed E-state index contributed by atoms with van der Waals surface area (Å²) in [4.78, 5) is 46.5. The Balaban J connectivity index is 1.23. The molecule has 0 aliphatic carbocycles. The van der Waals surface area contributed by atoms with Crippen LogP contribution in [0.5, 0.6) is 0 Å². The molecule has 0 bridgehead atoms. The van der Waals surface area contributed by atoms with Gasteiger partial charge in [-0.25, -0.2) is 15.0 Å². The predicted molar refractivity (Wildman–Crippen MR) is 154 cm³/mol. The smallest absolute Gasteiger partial charge is 0.304 e. The highest BCUT2D eigenvalue weighted by Crippen LogP contribution is 2.35. The molecule has 1 amide bonds. The molecule has 1 atom stereocenters. The fourth-order valence-electron chi connectivity index (χ4n) is 4.89. The SMILES string of the molecule is Bc1csc(-c2nc(NC(=O)c3cnc(N4CCN(CCC(=O)O)CC4)cn3)sc2CN2CCC[C@H]2C)c1. The van der Waals surface area contributed by atoms with Crippen molar-refractivity contribution in [3.05, 3.63) is 34.4 Å². The molecule has 0 saturated carbocycles. The number of nitrogens with zero attached hydrogens (tertiary/aromatic N) is 6. The average molecular weight is 554 g/mol. The Morgan fingerprint density at radius 3 is 2.63 bits per heavy atom. The molecular formula is C25H32BN7O3S2. The Morgan fingerprint density at radius 1 is 1.18 bits per heavy atom. The van der Waals surface area contributed by atoms with Crippen molar-refractivity contribution in [3.8, 4) is 10.6 Å². The van der Waals surface area contributed by atoms with Crippen LogP contribution in [0, 0.1) is 0 Å². The Morgan fingerprint density at radius 2 is 2.00 bits per heavy atom. The number of aliphatic carboxylic acids is 1.